The van der Waals surface area contributed by atoms with Crippen molar-refractivity contribution < 1.29 is 34.8 Å². The number of ether oxygens (including phenoxy) is 1. The van der Waals surface area contributed by atoms with Gasteiger partial charge in [0.2, 0.25) is 5.91 Å². The minimum Gasteiger partial charge on any atom is -0.396 e. The molecule has 2 aliphatic carbocycles. The SMILES string of the molecule is C=C1C=CC=C(C2CCC3(C(CCCO)C(=C(C)C(=O)Cc4cccc5c4CC(=O)NC5N)CCC3(C)O)C2O)COCC#CCC(C)=CCC1NCCCCO. The molecule has 1 aromatic carbocycles. The molecule has 7 atom stereocenters. The first kappa shape index (κ1) is 44.4. The van der Waals surface area contributed by atoms with Crippen molar-refractivity contribution in [2.45, 2.75) is 122 Å². The maximum Gasteiger partial charge on any atom is 0.225 e. The van der Waals surface area contributed by atoms with Crippen LogP contribution in [0.2, 0.25) is 0 Å². The van der Waals surface area contributed by atoms with Gasteiger partial charge in [-0.3, -0.25) is 9.59 Å². The van der Waals surface area contributed by atoms with Crippen LogP contribution in [0.1, 0.15) is 108 Å². The lowest BCUT2D eigenvalue weighted by Crippen LogP contribution is -2.59. The largest absolute Gasteiger partial charge is 0.396 e. The average Bonchev–Trinajstić information content (AvgIpc) is 3.52. The van der Waals surface area contributed by atoms with Gasteiger partial charge in [-0.1, -0.05) is 72.1 Å². The molecule has 1 aromatic rings. The highest BCUT2D eigenvalue weighted by Gasteiger charge is 2.64. The maximum absolute atomic E-state index is 14.2. The van der Waals surface area contributed by atoms with Crippen molar-refractivity contribution in [3.63, 3.8) is 0 Å². The molecule has 1 spiro atoms. The van der Waals surface area contributed by atoms with Gasteiger partial charge in [0.05, 0.1) is 24.7 Å². The third-order valence-electron chi connectivity index (χ3n) is 13.1. The second kappa shape index (κ2) is 20.3. The lowest BCUT2D eigenvalue weighted by Gasteiger charge is -2.55. The van der Waals surface area contributed by atoms with E-state index in [9.17, 15) is 30.0 Å². The Morgan fingerprint density at radius 2 is 1.95 bits per heavy atom. The molecular formula is C47H65N3O7. The van der Waals surface area contributed by atoms with Gasteiger partial charge in [0, 0.05) is 43.4 Å². The molecule has 0 saturated heterocycles. The van der Waals surface area contributed by atoms with Crippen LogP contribution in [0.15, 0.2) is 76.9 Å². The predicted octanol–water partition coefficient (Wildman–Crippen LogP) is 4.96. The van der Waals surface area contributed by atoms with Crippen molar-refractivity contribution in [2.24, 2.45) is 23.0 Å². The quantitative estimate of drug-likeness (QED) is 0.0669. The van der Waals surface area contributed by atoms with Gasteiger partial charge in [-0.2, -0.15) is 0 Å². The van der Waals surface area contributed by atoms with Gasteiger partial charge in [0.1, 0.15) is 12.8 Å². The zero-order valence-corrected chi connectivity index (χ0v) is 34.2. The van der Waals surface area contributed by atoms with Crippen molar-refractivity contribution in [3.05, 3.63) is 93.6 Å². The van der Waals surface area contributed by atoms with Crippen LogP contribution in [0, 0.1) is 29.1 Å². The number of benzene rings is 1. The van der Waals surface area contributed by atoms with Gasteiger partial charge >= 0.3 is 0 Å². The molecule has 2 aliphatic heterocycles. The summed E-state index contributed by atoms with van der Waals surface area (Å²) in [7, 11) is 0. The highest BCUT2D eigenvalue weighted by Crippen LogP contribution is 2.63. The Balaban J connectivity index is 1.46. The number of amides is 1. The van der Waals surface area contributed by atoms with Gasteiger partial charge < -0.3 is 41.5 Å². The summed E-state index contributed by atoms with van der Waals surface area (Å²) in [5.41, 5.74) is 10.9. The first-order valence-electron chi connectivity index (χ1n) is 20.8. The zero-order valence-electron chi connectivity index (χ0n) is 34.2. The maximum atomic E-state index is 14.2. The summed E-state index contributed by atoms with van der Waals surface area (Å²) in [6.45, 7) is 11.5. The number of hydrogen-bond acceptors (Lipinski definition) is 9. The van der Waals surface area contributed by atoms with E-state index in [-0.39, 0.29) is 68.8 Å². The van der Waals surface area contributed by atoms with Crippen molar-refractivity contribution in [3.8, 4) is 11.8 Å². The molecule has 7 unspecified atom stereocenters. The van der Waals surface area contributed by atoms with Gasteiger partial charge in [-0.05, 0) is 124 Å². The van der Waals surface area contributed by atoms with E-state index in [1.807, 2.05) is 50.3 Å². The molecule has 4 aliphatic rings. The number of hydrogen-bond donors (Lipinski definition) is 7. The van der Waals surface area contributed by atoms with Crippen LogP contribution in [-0.2, 0) is 27.2 Å². The molecule has 10 nitrogen and oxygen atoms in total. The Morgan fingerprint density at radius 1 is 1.16 bits per heavy atom. The Hall–Kier alpha value is -3.66. The number of allylic oxidation sites excluding steroid dienone is 5. The molecule has 1 amide bonds. The fourth-order valence-corrected chi connectivity index (χ4v) is 9.77. The first-order chi connectivity index (χ1) is 27.3. The van der Waals surface area contributed by atoms with Crippen LogP contribution < -0.4 is 16.4 Å². The van der Waals surface area contributed by atoms with E-state index in [4.69, 9.17) is 10.5 Å². The van der Waals surface area contributed by atoms with Crippen molar-refractivity contribution in [1.82, 2.24) is 10.6 Å². The van der Waals surface area contributed by atoms with E-state index < -0.39 is 23.3 Å². The number of aliphatic hydroxyl groups excluding tert-OH is 3. The van der Waals surface area contributed by atoms with Crippen LogP contribution in [-0.4, -0.2) is 82.8 Å². The Kier molecular flexibility index (Phi) is 15.9. The zero-order chi connectivity index (χ0) is 41.2. The van der Waals surface area contributed by atoms with E-state index in [1.54, 1.807) is 0 Å². The number of rotatable bonds is 12. The Labute approximate surface area is 339 Å². The summed E-state index contributed by atoms with van der Waals surface area (Å²) in [6, 6.07) is 5.64. The molecule has 57 heavy (non-hydrogen) atoms. The summed E-state index contributed by atoms with van der Waals surface area (Å²) >= 11 is 0. The molecule has 2 fully saturated rings. The fourth-order valence-electron chi connectivity index (χ4n) is 9.77. The standard InChI is InChI=1S/C47H65N3O7/c1-31-12-5-8-27-57-30-35(15-9-13-32(2)41(19-18-31)49-24-6-7-25-51)37-21-23-47(44(37)55)40(17-11-26-52)36(20-22-46(47,4)56)33(3)42(53)28-34-14-10-16-38-39(34)29-43(54)50-45(38)48/h9-10,13-16,18,37,40-41,44-45,49,51-52,55-56H,2,6-7,11-12,17,19-30,48H2,1,3-4H3,(H,50,54). The fraction of sp³-hybridized carbons (Fsp3) is 0.574. The molecular weight excluding hydrogens is 719 g/mol. The average molecular weight is 784 g/mol. The number of carbonyl (C=O) groups is 2. The summed E-state index contributed by atoms with van der Waals surface area (Å²) in [5, 5.41) is 50.7. The highest BCUT2D eigenvalue weighted by molar-refractivity contribution is 5.97. The monoisotopic (exact) mass is 783 g/mol. The number of Topliss-reactive ketones (excluding diaryl/α,β-unsaturated/α-hetero) is 1. The van der Waals surface area contributed by atoms with E-state index >= 15 is 0 Å². The first-order valence-corrected chi connectivity index (χ1v) is 20.8. The highest BCUT2D eigenvalue weighted by atomic mass is 16.5. The lowest BCUT2D eigenvalue weighted by molar-refractivity contribution is -0.167. The molecule has 2 heterocycles. The Morgan fingerprint density at radius 3 is 2.72 bits per heavy atom. The molecule has 0 aromatic heterocycles. The predicted molar refractivity (Wildman–Crippen MR) is 224 cm³/mol. The second-order valence-corrected chi connectivity index (χ2v) is 16.7. The third-order valence-corrected chi connectivity index (χ3v) is 13.1. The molecule has 10 heteroatoms. The normalized spacial score (nSPS) is 30.6. The molecule has 310 valence electrons. The van der Waals surface area contributed by atoms with Gasteiger partial charge in [-0.15, -0.1) is 0 Å². The Bertz CT molecular complexity index is 1810. The van der Waals surface area contributed by atoms with E-state index in [0.717, 1.165) is 59.2 Å². The minimum atomic E-state index is -1.24. The summed E-state index contributed by atoms with van der Waals surface area (Å²) in [6.07, 6.45) is 12.8. The van der Waals surface area contributed by atoms with Crippen LogP contribution in [0.4, 0.5) is 0 Å². The molecule has 0 bridgehead atoms. The number of nitrogens with one attached hydrogen (secondary N) is 2. The number of nitrogens with two attached hydrogens (primary N) is 1. The summed E-state index contributed by atoms with van der Waals surface area (Å²) in [5.74, 6) is 5.44. The van der Waals surface area contributed by atoms with Crippen LogP contribution in [0.25, 0.3) is 0 Å². The van der Waals surface area contributed by atoms with Crippen LogP contribution >= 0.6 is 0 Å². The number of carbonyl (C=O) groups excluding carboxylic acids is 2. The van der Waals surface area contributed by atoms with Crippen molar-refractivity contribution in [1.29, 1.82) is 0 Å². The van der Waals surface area contributed by atoms with Crippen molar-refractivity contribution in [2.75, 3.05) is 33.0 Å². The molecule has 2 saturated carbocycles. The molecule has 5 rings (SSSR count). The van der Waals surface area contributed by atoms with Gasteiger partial charge in [0.15, 0.2) is 5.78 Å². The van der Waals surface area contributed by atoms with Crippen LogP contribution in [0.5, 0.6) is 0 Å². The molecule has 0 radical (unpaired) electrons. The lowest BCUT2D eigenvalue weighted by atomic mass is 9.52. The van der Waals surface area contributed by atoms with Crippen LogP contribution in [0.3, 0.4) is 0 Å². The number of unbranched alkanes of at least 4 members (excludes halogenated alkanes) is 1. The van der Waals surface area contributed by atoms with E-state index in [0.29, 0.717) is 50.5 Å². The smallest absolute Gasteiger partial charge is 0.225 e. The van der Waals surface area contributed by atoms with Gasteiger partial charge in [0.25, 0.3) is 0 Å². The summed E-state index contributed by atoms with van der Waals surface area (Å²) < 4.78 is 6.12. The topological polar surface area (TPSA) is 174 Å². The van der Waals surface area contributed by atoms with E-state index in [2.05, 4.69) is 42.1 Å². The van der Waals surface area contributed by atoms with Crippen molar-refractivity contribution >= 4 is 11.7 Å². The second-order valence-electron chi connectivity index (χ2n) is 16.7. The third kappa shape index (κ3) is 10.3. The number of fused-ring (bicyclic) bond motifs is 1. The minimum absolute atomic E-state index is 0.00610. The van der Waals surface area contributed by atoms with Gasteiger partial charge in [-0.25, -0.2) is 0 Å². The molecule has 8 N–H and O–H groups in total. The van der Waals surface area contributed by atoms with E-state index in [1.165, 1.54) is 5.57 Å². The summed E-state index contributed by atoms with van der Waals surface area (Å²) in [4.78, 5) is 26.6. The number of ketones is 1. The number of aliphatic hydroxyl groups is 4.